The SMILES string of the molecule is CCN(C(=O)C(Cc1ccccc1)NC(=O)NS(=O)(=O)c1ccccc1C)c1ccc(O)c(NC=O)c1. The average Bonchev–Trinajstić information content (AvgIpc) is 2.86. The molecule has 4 amide bonds. The zero-order valence-electron chi connectivity index (χ0n) is 20.3. The van der Waals surface area contributed by atoms with Crippen LogP contribution in [0.1, 0.15) is 18.1 Å². The minimum Gasteiger partial charge on any atom is -0.506 e. The molecule has 4 N–H and O–H groups in total. The van der Waals surface area contributed by atoms with Crippen molar-refractivity contribution in [2.45, 2.75) is 31.2 Å². The van der Waals surface area contributed by atoms with Crippen molar-refractivity contribution in [2.75, 3.05) is 16.8 Å². The second-order valence-electron chi connectivity index (χ2n) is 8.13. The van der Waals surface area contributed by atoms with E-state index in [9.17, 15) is 27.9 Å². The van der Waals surface area contributed by atoms with Crippen molar-refractivity contribution in [3.8, 4) is 5.75 Å². The standard InChI is InChI=1S/C26H28N4O6S/c1-3-30(20-13-14-23(32)21(16-20)27-17-31)25(33)22(15-19-10-5-4-6-11-19)28-26(34)29-37(35,36)24-12-8-7-9-18(24)2/h4-14,16-17,22,32H,3,15H2,1-2H3,(H,27,31)(H2,28,29,34). The number of amides is 4. The summed E-state index contributed by atoms with van der Waals surface area (Å²) in [5.41, 5.74) is 1.67. The predicted octanol–water partition coefficient (Wildman–Crippen LogP) is 2.92. The third kappa shape index (κ3) is 6.85. The molecule has 3 aromatic carbocycles. The third-order valence-corrected chi connectivity index (χ3v) is 7.08. The molecular weight excluding hydrogens is 496 g/mol. The molecular formula is C26H28N4O6S. The number of phenols is 1. The zero-order valence-corrected chi connectivity index (χ0v) is 21.2. The van der Waals surface area contributed by atoms with Gasteiger partial charge in [-0.2, -0.15) is 0 Å². The largest absolute Gasteiger partial charge is 0.506 e. The quantitative estimate of drug-likeness (QED) is 0.237. The number of rotatable bonds is 10. The third-order valence-electron chi connectivity index (χ3n) is 5.58. The van der Waals surface area contributed by atoms with Gasteiger partial charge in [-0.1, -0.05) is 48.5 Å². The molecule has 0 bridgehead atoms. The fraction of sp³-hybridized carbons (Fsp3) is 0.192. The van der Waals surface area contributed by atoms with Crippen molar-refractivity contribution >= 4 is 39.7 Å². The maximum Gasteiger partial charge on any atom is 0.329 e. The predicted molar refractivity (Wildman–Crippen MR) is 140 cm³/mol. The van der Waals surface area contributed by atoms with Crippen LogP contribution in [0.2, 0.25) is 0 Å². The fourth-order valence-electron chi connectivity index (χ4n) is 3.80. The van der Waals surface area contributed by atoms with Crippen LogP contribution in [0.15, 0.2) is 77.7 Å². The van der Waals surface area contributed by atoms with Crippen LogP contribution < -0.4 is 20.3 Å². The highest BCUT2D eigenvalue weighted by Crippen LogP contribution is 2.29. The van der Waals surface area contributed by atoms with Gasteiger partial charge in [0.05, 0.1) is 10.6 Å². The summed E-state index contributed by atoms with van der Waals surface area (Å²) in [5.74, 6) is -0.698. The lowest BCUT2D eigenvalue weighted by Gasteiger charge is -2.27. The monoisotopic (exact) mass is 524 g/mol. The van der Waals surface area contributed by atoms with E-state index < -0.39 is 28.0 Å². The molecule has 0 aliphatic heterocycles. The van der Waals surface area contributed by atoms with E-state index in [0.29, 0.717) is 17.7 Å². The number of hydrogen-bond donors (Lipinski definition) is 4. The van der Waals surface area contributed by atoms with Crippen molar-refractivity contribution in [1.29, 1.82) is 0 Å². The lowest BCUT2D eigenvalue weighted by molar-refractivity contribution is -0.120. The summed E-state index contributed by atoms with van der Waals surface area (Å²) in [6.07, 6.45) is 0.488. The molecule has 11 heteroatoms. The molecule has 0 radical (unpaired) electrons. The Labute approximate surface area is 215 Å². The highest BCUT2D eigenvalue weighted by atomic mass is 32.2. The number of aryl methyl sites for hydroxylation is 1. The first-order chi connectivity index (χ1) is 17.7. The van der Waals surface area contributed by atoms with E-state index in [0.717, 1.165) is 5.56 Å². The van der Waals surface area contributed by atoms with Crippen LogP contribution in [0.5, 0.6) is 5.75 Å². The number of sulfonamides is 1. The molecule has 10 nitrogen and oxygen atoms in total. The van der Waals surface area contributed by atoms with E-state index in [1.165, 1.54) is 29.2 Å². The Balaban J connectivity index is 1.89. The lowest BCUT2D eigenvalue weighted by atomic mass is 10.0. The maximum atomic E-state index is 13.6. The van der Waals surface area contributed by atoms with Gasteiger partial charge in [-0.05, 0) is 49.2 Å². The van der Waals surface area contributed by atoms with Gasteiger partial charge < -0.3 is 20.6 Å². The summed E-state index contributed by atoms with van der Waals surface area (Å²) >= 11 is 0. The molecule has 0 saturated carbocycles. The van der Waals surface area contributed by atoms with Crippen LogP contribution in [-0.2, 0) is 26.0 Å². The van der Waals surface area contributed by atoms with E-state index in [1.807, 2.05) is 10.8 Å². The molecule has 3 rings (SSSR count). The van der Waals surface area contributed by atoms with Crippen LogP contribution >= 0.6 is 0 Å². The summed E-state index contributed by atoms with van der Waals surface area (Å²) in [7, 11) is -4.19. The van der Waals surface area contributed by atoms with E-state index in [4.69, 9.17) is 0 Å². The highest BCUT2D eigenvalue weighted by molar-refractivity contribution is 7.90. The Bertz CT molecular complexity index is 1380. The van der Waals surface area contributed by atoms with Crippen molar-refractivity contribution in [2.24, 2.45) is 0 Å². The number of carbonyl (C=O) groups excluding carboxylic acids is 3. The Morgan fingerprint density at radius 2 is 1.70 bits per heavy atom. The molecule has 0 aromatic heterocycles. The van der Waals surface area contributed by atoms with Crippen LogP contribution in [0.4, 0.5) is 16.2 Å². The van der Waals surface area contributed by atoms with Crippen LogP contribution in [0.3, 0.4) is 0 Å². The minimum atomic E-state index is -4.19. The first-order valence-electron chi connectivity index (χ1n) is 11.4. The molecule has 0 aliphatic rings. The molecule has 0 heterocycles. The number of nitrogens with zero attached hydrogens (tertiary/aromatic N) is 1. The first-order valence-corrected chi connectivity index (χ1v) is 12.9. The molecule has 194 valence electrons. The second-order valence-corrected chi connectivity index (χ2v) is 9.78. The summed E-state index contributed by atoms with van der Waals surface area (Å²) in [6.45, 7) is 3.53. The molecule has 0 saturated heterocycles. The van der Waals surface area contributed by atoms with Gasteiger partial charge >= 0.3 is 6.03 Å². The Kier molecular flexibility index (Phi) is 8.86. The Morgan fingerprint density at radius 3 is 2.35 bits per heavy atom. The van der Waals surface area contributed by atoms with Gasteiger partial charge in [-0.15, -0.1) is 0 Å². The van der Waals surface area contributed by atoms with Gasteiger partial charge in [0.15, 0.2) is 0 Å². The average molecular weight is 525 g/mol. The normalized spacial score (nSPS) is 11.7. The number of nitrogens with one attached hydrogen (secondary N) is 3. The lowest BCUT2D eigenvalue weighted by Crippen LogP contribution is -2.53. The van der Waals surface area contributed by atoms with Crippen molar-refractivity contribution in [3.05, 3.63) is 83.9 Å². The zero-order chi connectivity index (χ0) is 27.0. The van der Waals surface area contributed by atoms with Crippen molar-refractivity contribution in [3.63, 3.8) is 0 Å². The molecule has 1 unspecified atom stereocenters. The fourth-order valence-corrected chi connectivity index (χ4v) is 4.96. The summed E-state index contributed by atoms with van der Waals surface area (Å²) in [5, 5.41) is 14.8. The topological polar surface area (TPSA) is 145 Å². The van der Waals surface area contributed by atoms with Gasteiger partial charge in [-0.3, -0.25) is 9.59 Å². The molecule has 0 aliphatic carbocycles. The Morgan fingerprint density at radius 1 is 1.03 bits per heavy atom. The van der Waals surface area contributed by atoms with Gasteiger partial charge in [0, 0.05) is 18.7 Å². The van der Waals surface area contributed by atoms with Crippen LogP contribution in [0, 0.1) is 6.92 Å². The van der Waals surface area contributed by atoms with E-state index in [2.05, 4.69) is 10.6 Å². The number of anilines is 2. The molecule has 3 aromatic rings. The minimum absolute atomic E-state index is 0.0504. The smallest absolute Gasteiger partial charge is 0.329 e. The second kappa shape index (κ2) is 12.0. The van der Waals surface area contributed by atoms with E-state index >= 15 is 0 Å². The van der Waals surface area contributed by atoms with Gasteiger partial charge in [0.1, 0.15) is 11.8 Å². The summed E-state index contributed by atoms with van der Waals surface area (Å²) in [4.78, 5) is 38.7. The van der Waals surface area contributed by atoms with Gasteiger partial charge in [-0.25, -0.2) is 17.9 Å². The number of carbonyl (C=O) groups is 3. The van der Waals surface area contributed by atoms with Gasteiger partial charge in [0.25, 0.3) is 10.0 Å². The number of benzene rings is 3. The number of hydrogen-bond acceptors (Lipinski definition) is 6. The Hall–Kier alpha value is -4.38. The maximum absolute atomic E-state index is 13.6. The highest BCUT2D eigenvalue weighted by Gasteiger charge is 2.29. The van der Waals surface area contributed by atoms with E-state index in [1.54, 1.807) is 56.3 Å². The molecule has 1 atom stereocenters. The molecule has 0 fully saturated rings. The number of phenolic OH excluding ortho intramolecular Hbond substituents is 1. The van der Waals surface area contributed by atoms with Crippen LogP contribution in [-0.4, -0.2) is 44.5 Å². The van der Waals surface area contributed by atoms with Crippen molar-refractivity contribution in [1.82, 2.24) is 10.0 Å². The van der Waals surface area contributed by atoms with Gasteiger partial charge in [0.2, 0.25) is 12.3 Å². The van der Waals surface area contributed by atoms with Crippen molar-refractivity contribution < 1.29 is 27.9 Å². The summed E-state index contributed by atoms with van der Waals surface area (Å²) in [6, 6.07) is 17.2. The number of aromatic hydroxyl groups is 1. The number of urea groups is 1. The molecule has 0 spiro atoms. The van der Waals surface area contributed by atoms with Crippen LogP contribution in [0.25, 0.3) is 0 Å². The van der Waals surface area contributed by atoms with E-state index in [-0.39, 0.29) is 29.3 Å². The first kappa shape index (κ1) is 27.2. The summed E-state index contributed by atoms with van der Waals surface area (Å²) < 4.78 is 27.6. The molecule has 37 heavy (non-hydrogen) atoms. The number of likely N-dealkylation sites (N-methyl/N-ethyl adjacent to an activating group) is 1.